The molecule has 0 unspecified atom stereocenters. The summed E-state index contributed by atoms with van der Waals surface area (Å²) in [6.07, 6.45) is 0. The van der Waals surface area contributed by atoms with Gasteiger partial charge in [-0.05, 0) is 36.4 Å². The Kier molecular flexibility index (Phi) is 4.63. The van der Waals surface area contributed by atoms with Crippen molar-refractivity contribution in [1.82, 2.24) is 0 Å². The fourth-order valence-corrected chi connectivity index (χ4v) is 2.22. The highest BCUT2D eigenvalue weighted by Crippen LogP contribution is 2.22. The van der Waals surface area contributed by atoms with Gasteiger partial charge in [-0.25, -0.2) is 8.78 Å². The lowest BCUT2D eigenvalue weighted by molar-refractivity contribution is 0.344. The van der Waals surface area contributed by atoms with E-state index in [4.69, 9.17) is 10.5 Å². The summed E-state index contributed by atoms with van der Waals surface area (Å²) in [5.41, 5.74) is 6.23. The molecule has 0 atom stereocenters. The van der Waals surface area contributed by atoms with Crippen LogP contribution in [0, 0.1) is 11.6 Å². The molecule has 0 aliphatic heterocycles. The van der Waals surface area contributed by atoms with E-state index < -0.39 is 11.6 Å². The predicted molar refractivity (Wildman–Crippen MR) is 73.4 cm³/mol. The van der Waals surface area contributed by atoms with Crippen molar-refractivity contribution in [1.29, 1.82) is 0 Å². The minimum atomic E-state index is -0.569. The number of ether oxygens (including phenoxy) is 1. The van der Waals surface area contributed by atoms with Crippen molar-refractivity contribution in [3.63, 3.8) is 0 Å². The van der Waals surface area contributed by atoms with Gasteiger partial charge in [0, 0.05) is 22.4 Å². The van der Waals surface area contributed by atoms with Gasteiger partial charge in [0.15, 0.2) is 0 Å². The Balaban J connectivity index is 1.79. The summed E-state index contributed by atoms with van der Waals surface area (Å²) >= 11 is 1.29. The van der Waals surface area contributed by atoms with Gasteiger partial charge in [-0.3, -0.25) is 0 Å². The van der Waals surface area contributed by atoms with Crippen molar-refractivity contribution >= 4 is 17.4 Å². The van der Waals surface area contributed by atoms with Crippen LogP contribution in [-0.2, 0) is 0 Å². The first-order valence-corrected chi connectivity index (χ1v) is 6.70. The highest BCUT2D eigenvalue weighted by molar-refractivity contribution is 7.99. The molecule has 0 aromatic heterocycles. The quantitative estimate of drug-likeness (QED) is 0.515. The highest BCUT2D eigenvalue weighted by atomic mass is 32.2. The summed E-state index contributed by atoms with van der Waals surface area (Å²) in [5.74, 6) is 0.180. The van der Waals surface area contributed by atoms with Crippen LogP contribution in [0.4, 0.5) is 14.5 Å². The van der Waals surface area contributed by atoms with Gasteiger partial charge in [-0.1, -0.05) is 0 Å². The fraction of sp³-hybridized carbons (Fsp3) is 0.143. The van der Waals surface area contributed by atoms with Gasteiger partial charge >= 0.3 is 0 Å². The molecule has 0 aliphatic rings. The maximum absolute atomic E-state index is 13.3. The van der Waals surface area contributed by atoms with E-state index in [1.807, 2.05) is 0 Å². The largest absolute Gasteiger partial charge is 0.493 e. The van der Waals surface area contributed by atoms with Gasteiger partial charge in [0.25, 0.3) is 0 Å². The maximum atomic E-state index is 13.3. The maximum Gasteiger partial charge on any atom is 0.139 e. The van der Waals surface area contributed by atoms with Crippen molar-refractivity contribution in [2.45, 2.75) is 4.90 Å². The number of benzene rings is 2. The van der Waals surface area contributed by atoms with Crippen LogP contribution in [0.3, 0.4) is 0 Å². The van der Waals surface area contributed by atoms with Crippen molar-refractivity contribution in [3.05, 3.63) is 54.1 Å². The zero-order valence-electron chi connectivity index (χ0n) is 10.1. The highest BCUT2D eigenvalue weighted by Gasteiger charge is 2.04. The first kappa shape index (κ1) is 13.7. The molecule has 2 aromatic rings. The molecule has 2 rings (SSSR count). The Labute approximate surface area is 114 Å². The molecule has 0 fully saturated rings. The second-order valence-corrected chi connectivity index (χ2v) is 4.98. The molecular weight excluding hydrogens is 268 g/mol. The Morgan fingerprint density at radius 2 is 1.79 bits per heavy atom. The molecule has 0 radical (unpaired) electrons. The van der Waals surface area contributed by atoms with E-state index >= 15 is 0 Å². The number of hydrogen-bond donors (Lipinski definition) is 1. The average Bonchev–Trinajstić information content (AvgIpc) is 2.39. The topological polar surface area (TPSA) is 35.2 Å². The molecule has 0 heterocycles. The van der Waals surface area contributed by atoms with E-state index in [-0.39, 0.29) is 0 Å². The molecule has 0 aliphatic carbocycles. The van der Waals surface area contributed by atoms with Crippen molar-refractivity contribution in [2.24, 2.45) is 0 Å². The molecule has 5 heteroatoms. The smallest absolute Gasteiger partial charge is 0.139 e. The second kappa shape index (κ2) is 6.43. The van der Waals surface area contributed by atoms with Crippen molar-refractivity contribution < 1.29 is 13.5 Å². The molecular formula is C14H13F2NOS. The van der Waals surface area contributed by atoms with E-state index in [2.05, 4.69) is 0 Å². The van der Waals surface area contributed by atoms with Gasteiger partial charge in [-0.15, -0.1) is 11.8 Å². The van der Waals surface area contributed by atoms with Gasteiger partial charge in [0.1, 0.15) is 17.4 Å². The standard InChI is InChI=1S/C14H13F2NOS/c15-10-1-6-14(13(16)9-10)19-8-7-18-12-4-2-11(17)3-5-12/h1-6,9H,7-8,17H2. The molecule has 2 aromatic carbocycles. The Morgan fingerprint density at radius 1 is 1.05 bits per heavy atom. The third-order valence-corrected chi connectivity index (χ3v) is 3.40. The Hall–Kier alpha value is -1.75. The zero-order valence-corrected chi connectivity index (χ0v) is 10.9. The molecule has 0 amide bonds. The SMILES string of the molecule is Nc1ccc(OCCSc2ccc(F)cc2F)cc1. The first-order chi connectivity index (χ1) is 9.15. The lowest BCUT2D eigenvalue weighted by Crippen LogP contribution is -2.00. The van der Waals surface area contributed by atoms with Crippen molar-refractivity contribution in [2.75, 3.05) is 18.1 Å². The molecule has 0 saturated carbocycles. The Morgan fingerprint density at radius 3 is 2.47 bits per heavy atom. The number of nitrogens with two attached hydrogens (primary N) is 1. The average molecular weight is 281 g/mol. The lowest BCUT2D eigenvalue weighted by Gasteiger charge is -2.06. The third-order valence-electron chi connectivity index (χ3n) is 2.38. The van der Waals surface area contributed by atoms with Crippen LogP contribution in [0.5, 0.6) is 5.75 Å². The van der Waals surface area contributed by atoms with Crippen LogP contribution in [0.1, 0.15) is 0 Å². The summed E-state index contributed by atoms with van der Waals surface area (Å²) < 4.78 is 31.5. The van der Waals surface area contributed by atoms with Crippen LogP contribution < -0.4 is 10.5 Å². The fourth-order valence-electron chi connectivity index (χ4n) is 1.47. The van der Waals surface area contributed by atoms with Gasteiger partial charge < -0.3 is 10.5 Å². The van der Waals surface area contributed by atoms with E-state index in [0.717, 1.165) is 11.8 Å². The molecule has 100 valence electrons. The third kappa shape index (κ3) is 4.13. The predicted octanol–water partition coefficient (Wildman–Crippen LogP) is 3.72. The van der Waals surface area contributed by atoms with E-state index in [1.165, 1.54) is 23.9 Å². The van der Waals surface area contributed by atoms with Crippen LogP contribution in [0.25, 0.3) is 0 Å². The molecule has 0 spiro atoms. The zero-order chi connectivity index (χ0) is 13.7. The van der Waals surface area contributed by atoms with Gasteiger partial charge in [0.05, 0.1) is 6.61 Å². The molecule has 2 nitrogen and oxygen atoms in total. The molecule has 19 heavy (non-hydrogen) atoms. The van der Waals surface area contributed by atoms with Crippen molar-refractivity contribution in [3.8, 4) is 5.75 Å². The normalized spacial score (nSPS) is 10.4. The summed E-state index contributed by atoms with van der Waals surface area (Å²) in [6, 6.07) is 10.6. The lowest BCUT2D eigenvalue weighted by atomic mass is 10.3. The number of halogens is 2. The number of anilines is 1. The summed E-state index contributed by atoms with van der Waals surface area (Å²) in [4.78, 5) is 0.419. The molecule has 0 bridgehead atoms. The van der Waals surface area contributed by atoms with Crippen LogP contribution in [-0.4, -0.2) is 12.4 Å². The number of hydrogen-bond acceptors (Lipinski definition) is 3. The summed E-state index contributed by atoms with van der Waals surface area (Å²) in [5, 5.41) is 0. The molecule has 2 N–H and O–H groups in total. The number of nitrogen functional groups attached to an aromatic ring is 1. The monoisotopic (exact) mass is 281 g/mol. The minimum Gasteiger partial charge on any atom is -0.493 e. The summed E-state index contributed by atoms with van der Waals surface area (Å²) in [7, 11) is 0. The van der Waals surface area contributed by atoms with Gasteiger partial charge in [-0.2, -0.15) is 0 Å². The Bertz CT molecular complexity index is 546. The van der Waals surface area contributed by atoms with Crippen LogP contribution in [0.15, 0.2) is 47.4 Å². The first-order valence-electron chi connectivity index (χ1n) is 5.71. The van der Waals surface area contributed by atoms with Gasteiger partial charge in [0.2, 0.25) is 0 Å². The number of thioether (sulfide) groups is 1. The minimum absolute atomic E-state index is 0.419. The van der Waals surface area contributed by atoms with E-state index in [1.54, 1.807) is 24.3 Å². The second-order valence-electron chi connectivity index (χ2n) is 3.84. The summed E-state index contributed by atoms with van der Waals surface area (Å²) in [6.45, 7) is 0.436. The number of rotatable bonds is 5. The van der Waals surface area contributed by atoms with E-state index in [0.29, 0.717) is 22.9 Å². The molecule has 0 saturated heterocycles. The van der Waals surface area contributed by atoms with Crippen LogP contribution in [0.2, 0.25) is 0 Å². The van der Waals surface area contributed by atoms with E-state index in [9.17, 15) is 8.78 Å². The van der Waals surface area contributed by atoms with Crippen LogP contribution >= 0.6 is 11.8 Å².